The molecule has 0 N–H and O–H groups in total. The van der Waals surface area contributed by atoms with Gasteiger partial charge in [-0.25, -0.2) is 0 Å². The number of aryl methyl sites for hydroxylation is 1. The van der Waals surface area contributed by atoms with Crippen molar-refractivity contribution in [2.45, 2.75) is 13.8 Å². The zero-order chi connectivity index (χ0) is 14.8. The molecular formula is C17H20N2OS. The molecule has 1 aliphatic rings. The van der Waals surface area contributed by atoms with Gasteiger partial charge < -0.3 is 9.80 Å². The Morgan fingerprint density at radius 2 is 1.81 bits per heavy atom. The van der Waals surface area contributed by atoms with E-state index in [0.29, 0.717) is 0 Å². The SMILES string of the molecule is Cc1cccc(N2CCN(c3csc(C=O)c3)CC2)c1C. The highest BCUT2D eigenvalue weighted by atomic mass is 32.1. The number of nitrogens with zero attached hydrogens (tertiary/aromatic N) is 2. The van der Waals surface area contributed by atoms with Gasteiger partial charge in [0.15, 0.2) is 6.29 Å². The van der Waals surface area contributed by atoms with E-state index in [2.05, 4.69) is 47.2 Å². The Balaban J connectivity index is 1.70. The molecule has 4 heteroatoms. The van der Waals surface area contributed by atoms with E-state index >= 15 is 0 Å². The highest BCUT2D eigenvalue weighted by molar-refractivity contribution is 7.12. The highest BCUT2D eigenvalue weighted by Crippen LogP contribution is 2.27. The van der Waals surface area contributed by atoms with Gasteiger partial charge in [0.2, 0.25) is 0 Å². The van der Waals surface area contributed by atoms with Crippen LogP contribution in [0, 0.1) is 13.8 Å². The number of aldehydes is 1. The second-order valence-electron chi connectivity index (χ2n) is 5.52. The Morgan fingerprint density at radius 3 is 2.48 bits per heavy atom. The van der Waals surface area contributed by atoms with E-state index in [4.69, 9.17) is 0 Å². The van der Waals surface area contributed by atoms with E-state index in [0.717, 1.165) is 37.3 Å². The summed E-state index contributed by atoms with van der Waals surface area (Å²) in [5.41, 5.74) is 5.27. The lowest BCUT2D eigenvalue weighted by Gasteiger charge is -2.37. The molecule has 1 aromatic heterocycles. The van der Waals surface area contributed by atoms with Crippen molar-refractivity contribution in [1.29, 1.82) is 0 Å². The van der Waals surface area contributed by atoms with E-state index in [1.807, 2.05) is 6.07 Å². The molecule has 2 aromatic rings. The molecule has 0 aliphatic carbocycles. The van der Waals surface area contributed by atoms with Gasteiger partial charge in [-0.2, -0.15) is 0 Å². The lowest BCUT2D eigenvalue weighted by Crippen LogP contribution is -2.46. The van der Waals surface area contributed by atoms with Crippen molar-refractivity contribution in [3.05, 3.63) is 45.6 Å². The minimum atomic E-state index is 0.807. The van der Waals surface area contributed by atoms with Crippen molar-refractivity contribution in [2.75, 3.05) is 36.0 Å². The van der Waals surface area contributed by atoms with Crippen LogP contribution in [0.4, 0.5) is 11.4 Å². The van der Waals surface area contributed by atoms with Crippen LogP contribution in [0.3, 0.4) is 0 Å². The van der Waals surface area contributed by atoms with Gasteiger partial charge in [0.05, 0.1) is 4.88 Å². The zero-order valence-electron chi connectivity index (χ0n) is 12.5. The standard InChI is InChI=1S/C17H20N2OS/c1-13-4-3-5-17(14(13)2)19-8-6-18(7-9-19)15-10-16(11-20)21-12-15/h3-5,10-12H,6-9H2,1-2H3. The van der Waals surface area contributed by atoms with Crippen molar-refractivity contribution in [3.63, 3.8) is 0 Å². The maximum atomic E-state index is 10.8. The first-order valence-corrected chi connectivity index (χ1v) is 8.17. The summed E-state index contributed by atoms with van der Waals surface area (Å²) in [5.74, 6) is 0. The summed E-state index contributed by atoms with van der Waals surface area (Å²) in [6.07, 6.45) is 0.931. The fourth-order valence-corrected chi connectivity index (χ4v) is 3.57. The van der Waals surface area contributed by atoms with Gasteiger partial charge in [0, 0.05) is 42.9 Å². The summed E-state index contributed by atoms with van der Waals surface area (Å²) < 4.78 is 0. The fourth-order valence-electron chi connectivity index (χ4n) is 2.85. The van der Waals surface area contributed by atoms with Crippen molar-refractivity contribution < 1.29 is 4.79 Å². The monoisotopic (exact) mass is 300 g/mol. The van der Waals surface area contributed by atoms with Gasteiger partial charge in [0.25, 0.3) is 0 Å². The topological polar surface area (TPSA) is 23.6 Å². The normalized spacial score (nSPS) is 15.3. The van der Waals surface area contributed by atoms with Crippen LogP contribution in [0.2, 0.25) is 0 Å². The third-order valence-electron chi connectivity index (χ3n) is 4.28. The van der Waals surface area contributed by atoms with Crippen LogP contribution in [0.1, 0.15) is 20.8 Å². The summed E-state index contributed by atoms with van der Waals surface area (Å²) in [6.45, 7) is 8.42. The summed E-state index contributed by atoms with van der Waals surface area (Å²) in [6, 6.07) is 8.51. The number of carbonyl (C=O) groups is 1. The predicted octanol–water partition coefficient (Wildman–Crippen LogP) is 3.50. The summed E-state index contributed by atoms with van der Waals surface area (Å²) in [5, 5.41) is 2.08. The van der Waals surface area contributed by atoms with Crippen molar-refractivity contribution in [2.24, 2.45) is 0 Å². The number of carbonyl (C=O) groups excluding carboxylic acids is 1. The number of rotatable bonds is 3. The Labute approximate surface area is 129 Å². The second-order valence-corrected chi connectivity index (χ2v) is 6.46. The number of thiophene rings is 1. The summed E-state index contributed by atoms with van der Waals surface area (Å²) >= 11 is 1.52. The van der Waals surface area contributed by atoms with Gasteiger partial charge in [-0.1, -0.05) is 12.1 Å². The first-order chi connectivity index (χ1) is 10.2. The average molecular weight is 300 g/mol. The fraction of sp³-hybridized carbons (Fsp3) is 0.353. The minimum absolute atomic E-state index is 0.807. The molecule has 110 valence electrons. The van der Waals surface area contributed by atoms with Gasteiger partial charge in [-0.3, -0.25) is 4.79 Å². The number of benzene rings is 1. The molecule has 0 saturated carbocycles. The third-order valence-corrected chi connectivity index (χ3v) is 5.13. The van der Waals surface area contributed by atoms with Crippen LogP contribution in [0.15, 0.2) is 29.6 Å². The van der Waals surface area contributed by atoms with Crippen molar-refractivity contribution in [3.8, 4) is 0 Å². The predicted molar refractivity (Wildman–Crippen MR) is 90.0 cm³/mol. The van der Waals surface area contributed by atoms with E-state index < -0.39 is 0 Å². The van der Waals surface area contributed by atoms with Crippen molar-refractivity contribution in [1.82, 2.24) is 0 Å². The molecule has 1 saturated heterocycles. The molecule has 0 atom stereocenters. The molecule has 3 rings (SSSR count). The van der Waals surface area contributed by atoms with Gasteiger partial charge >= 0.3 is 0 Å². The van der Waals surface area contributed by atoms with Crippen LogP contribution in [-0.2, 0) is 0 Å². The molecule has 0 unspecified atom stereocenters. The van der Waals surface area contributed by atoms with E-state index in [-0.39, 0.29) is 0 Å². The molecular weight excluding hydrogens is 280 g/mol. The van der Waals surface area contributed by atoms with Crippen LogP contribution in [0.25, 0.3) is 0 Å². The average Bonchev–Trinajstić information content (AvgIpc) is 2.99. The molecule has 2 heterocycles. The number of piperazine rings is 1. The Morgan fingerprint density at radius 1 is 1.10 bits per heavy atom. The Kier molecular flexibility index (Phi) is 3.97. The maximum absolute atomic E-state index is 10.8. The first-order valence-electron chi connectivity index (χ1n) is 7.29. The van der Waals surface area contributed by atoms with Gasteiger partial charge in [-0.05, 0) is 37.1 Å². The Hall–Kier alpha value is -1.81. The summed E-state index contributed by atoms with van der Waals surface area (Å²) in [7, 11) is 0. The van der Waals surface area contributed by atoms with E-state index in [1.165, 1.54) is 33.8 Å². The first kappa shape index (κ1) is 14.1. The Bertz CT molecular complexity index is 642. The van der Waals surface area contributed by atoms with Crippen LogP contribution in [0.5, 0.6) is 0 Å². The van der Waals surface area contributed by atoms with E-state index in [9.17, 15) is 4.79 Å². The summed E-state index contributed by atoms with van der Waals surface area (Å²) in [4.78, 5) is 16.4. The van der Waals surface area contributed by atoms with Crippen LogP contribution < -0.4 is 9.80 Å². The number of hydrogen-bond donors (Lipinski definition) is 0. The number of anilines is 2. The maximum Gasteiger partial charge on any atom is 0.160 e. The molecule has 0 bridgehead atoms. The molecule has 1 fully saturated rings. The molecule has 0 spiro atoms. The molecule has 3 nitrogen and oxygen atoms in total. The van der Waals surface area contributed by atoms with Crippen molar-refractivity contribution >= 4 is 29.0 Å². The molecule has 0 amide bonds. The highest BCUT2D eigenvalue weighted by Gasteiger charge is 2.19. The lowest BCUT2D eigenvalue weighted by molar-refractivity contribution is 0.112. The number of hydrogen-bond acceptors (Lipinski definition) is 4. The van der Waals surface area contributed by atoms with E-state index in [1.54, 1.807) is 0 Å². The third kappa shape index (κ3) is 2.81. The minimum Gasteiger partial charge on any atom is -0.368 e. The smallest absolute Gasteiger partial charge is 0.160 e. The quantitative estimate of drug-likeness (QED) is 0.811. The molecule has 21 heavy (non-hydrogen) atoms. The molecule has 0 radical (unpaired) electrons. The van der Waals surface area contributed by atoms with Gasteiger partial charge in [-0.15, -0.1) is 11.3 Å². The van der Waals surface area contributed by atoms with Crippen LogP contribution >= 0.6 is 11.3 Å². The van der Waals surface area contributed by atoms with Crippen LogP contribution in [-0.4, -0.2) is 32.5 Å². The largest absolute Gasteiger partial charge is 0.368 e. The van der Waals surface area contributed by atoms with Gasteiger partial charge in [0.1, 0.15) is 0 Å². The zero-order valence-corrected chi connectivity index (χ0v) is 13.3. The molecule has 1 aliphatic heterocycles. The molecule has 1 aromatic carbocycles. The second kappa shape index (κ2) is 5.90. The lowest BCUT2D eigenvalue weighted by atomic mass is 10.1.